The summed E-state index contributed by atoms with van der Waals surface area (Å²) >= 11 is 0. The Labute approximate surface area is 279 Å². The molecule has 8 nitrogen and oxygen atoms in total. The summed E-state index contributed by atoms with van der Waals surface area (Å²) in [6.45, 7) is 3.79. The summed E-state index contributed by atoms with van der Waals surface area (Å²) in [4.78, 5) is 23.9. The molecule has 0 saturated carbocycles. The molecule has 0 rings (SSSR count). The lowest BCUT2D eigenvalue weighted by Gasteiger charge is -2.14. The second-order valence-corrected chi connectivity index (χ2v) is 11.8. The van der Waals surface area contributed by atoms with Crippen molar-refractivity contribution in [3.05, 3.63) is 60.8 Å². The number of aliphatic hydroxyl groups excluding tert-OH is 4. The molecule has 0 aromatic rings. The average molecular weight is 649 g/mol. The maximum Gasteiger partial charge on any atom is 0.305 e. The van der Waals surface area contributed by atoms with Crippen LogP contribution in [0, 0.1) is 0 Å². The van der Waals surface area contributed by atoms with Gasteiger partial charge in [-0.2, -0.15) is 0 Å². The Kier molecular flexibility index (Phi) is 30.6. The molecule has 46 heavy (non-hydrogen) atoms. The summed E-state index contributed by atoms with van der Waals surface area (Å²) in [5.74, 6) is -0.891. The standard InChI is InChI=1S/C38H64O8/c1-3-5-7-8-9-10-11-12-13-14-19-23-29-37(43)45-31-34(40)32-46-38(44)30-24-28-36(42)35(41)27-22-18-16-15-17-21-26-33(39)25-20-6-4-2/h6,15-18,20-22,26-27,33-36,39-42H,3-5,7-14,19,23-25,28-32H2,1-2H3/b17-15+,18-16-,20-6-,26-21+,27-22-/t33-,34-,35+,36+/m1/s1. The summed E-state index contributed by atoms with van der Waals surface area (Å²) in [5.41, 5.74) is 0. The lowest BCUT2D eigenvalue weighted by Crippen LogP contribution is -2.26. The smallest absolute Gasteiger partial charge is 0.305 e. The number of unbranched alkanes of at least 4 members (excludes halogenated alkanes) is 11. The minimum atomic E-state index is -1.09. The Morgan fingerprint density at radius 2 is 1.07 bits per heavy atom. The van der Waals surface area contributed by atoms with E-state index in [0.717, 1.165) is 25.7 Å². The normalized spacial score (nSPS) is 15.0. The number of carbonyl (C=O) groups excluding carboxylic acids is 2. The molecular formula is C38H64O8. The molecule has 0 unspecified atom stereocenters. The van der Waals surface area contributed by atoms with E-state index < -0.39 is 30.4 Å². The molecule has 0 aliphatic carbocycles. The Morgan fingerprint density at radius 1 is 0.587 bits per heavy atom. The molecule has 264 valence electrons. The Morgan fingerprint density at radius 3 is 1.61 bits per heavy atom. The average Bonchev–Trinajstić information content (AvgIpc) is 3.04. The molecule has 0 aliphatic heterocycles. The fourth-order valence-corrected chi connectivity index (χ4v) is 4.54. The summed E-state index contributed by atoms with van der Waals surface area (Å²) < 4.78 is 10.1. The van der Waals surface area contributed by atoms with Gasteiger partial charge in [-0.05, 0) is 32.1 Å². The third-order valence-electron chi connectivity index (χ3n) is 7.36. The zero-order valence-corrected chi connectivity index (χ0v) is 28.6. The van der Waals surface area contributed by atoms with Crippen LogP contribution in [0.5, 0.6) is 0 Å². The minimum absolute atomic E-state index is 0.0285. The van der Waals surface area contributed by atoms with Gasteiger partial charge in [0.05, 0.1) is 18.3 Å². The highest BCUT2D eigenvalue weighted by Gasteiger charge is 2.15. The SMILES string of the molecule is CC/C=C\C[C@@H](O)/C=C/C=C/C=C\C=C/[C@H](O)[C@@H](O)CCCC(=O)OC[C@H](O)COC(=O)CCCCCCCCCCCCCC. The minimum Gasteiger partial charge on any atom is -0.463 e. The third kappa shape index (κ3) is 30.2. The van der Waals surface area contributed by atoms with E-state index in [0.29, 0.717) is 19.3 Å². The number of hydrogen-bond acceptors (Lipinski definition) is 8. The molecule has 0 saturated heterocycles. The van der Waals surface area contributed by atoms with Crippen molar-refractivity contribution in [2.75, 3.05) is 13.2 Å². The van der Waals surface area contributed by atoms with E-state index in [4.69, 9.17) is 9.47 Å². The first kappa shape index (κ1) is 43.5. The maximum atomic E-state index is 12.0. The monoisotopic (exact) mass is 648 g/mol. The zero-order valence-electron chi connectivity index (χ0n) is 28.6. The van der Waals surface area contributed by atoms with Crippen molar-refractivity contribution in [2.24, 2.45) is 0 Å². The van der Waals surface area contributed by atoms with Gasteiger partial charge in [0, 0.05) is 12.8 Å². The fourth-order valence-electron chi connectivity index (χ4n) is 4.54. The predicted molar refractivity (Wildman–Crippen MR) is 186 cm³/mol. The molecule has 0 spiro atoms. The molecule has 8 heteroatoms. The highest BCUT2D eigenvalue weighted by atomic mass is 16.6. The number of hydrogen-bond donors (Lipinski definition) is 4. The Balaban J connectivity index is 3.85. The number of aliphatic hydroxyl groups is 4. The van der Waals surface area contributed by atoms with Crippen LogP contribution in [0.15, 0.2) is 60.8 Å². The van der Waals surface area contributed by atoms with Crippen molar-refractivity contribution < 1.29 is 39.5 Å². The summed E-state index contributed by atoms with van der Waals surface area (Å²) in [6, 6.07) is 0. The quantitative estimate of drug-likeness (QED) is 0.0275. The number of rotatable bonds is 30. The molecule has 0 radical (unpaired) electrons. The number of allylic oxidation sites excluding steroid dienone is 7. The Hall–Kier alpha value is -2.52. The van der Waals surface area contributed by atoms with Crippen LogP contribution in [-0.2, 0) is 19.1 Å². The van der Waals surface area contributed by atoms with Crippen LogP contribution >= 0.6 is 0 Å². The first-order valence-corrected chi connectivity index (χ1v) is 17.7. The van der Waals surface area contributed by atoms with Crippen LogP contribution in [0.3, 0.4) is 0 Å². The van der Waals surface area contributed by atoms with Crippen LogP contribution in [0.25, 0.3) is 0 Å². The highest BCUT2D eigenvalue weighted by Crippen LogP contribution is 2.13. The van der Waals surface area contributed by atoms with E-state index in [1.165, 1.54) is 63.9 Å². The van der Waals surface area contributed by atoms with Crippen molar-refractivity contribution in [1.82, 2.24) is 0 Å². The van der Waals surface area contributed by atoms with Gasteiger partial charge in [-0.3, -0.25) is 9.59 Å². The molecule has 0 aliphatic rings. The van der Waals surface area contributed by atoms with Gasteiger partial charge in [0.25, 0.3) is 0 Å². The second-order valence-electron chi connectivity index (χ2n) is 11.8. The van der Waals surface area contributed by atoms with Gasteiger partial charge in [0.1, 0.15) is 19.3 Å². The van der Waals surface area contributed by atoms with Gasteiger partial charge >= 0.3 is 11.9 Å². The zero-order chi connectivity index (χ0) is 34.1. The maximum absolute atomic E-state index is 12.0. The van der Waals surface area contributed by atoms with Gasteiger partial charge in [0.15, 0.2) is 0 Å². The van der Waals surface area contributed by atoms with Crippen molar-refractivity contribution in [3.8, 4) is 0 Å². The Bertz CT molecular complexity index is 876. The molecule has 0 bridgehead atoms. The van der Waals surface area contributed by atoms with Crippen molar-refractivity contribution >= 4 is 11.9 Å². The molecule has 0 aromatic carbocycles. The van der Waals surface area contributed by atoms with Crippen LogP contribution in [0.2, 0.25) is 0 Å². The summed E-state index contributed by atoms with van der Waals surface area (Å²) in [6.07, 6.45) is 30.8. The van der Waals surface area contributed by atoms with Crippen LogP contribution in [-0.4, -0.2) is 70.0 Å². The predicted octanol–water partition coefficient (Wildman–Crippen LogP) is 7.36. The lowest BCUT2D eigenvalue weighted by molar-refractivity contribution is -0.152. The number of ether oxygens (including phenoxy) is 2. The molecular weight excluding hydrogens is 584 g/mol. The van der Waals surface area contributed by atoms with Gasteiger partial charge in [-0.25, -0.2) is 0 Å². The molecule has 4 N–H and O–H groups in total. The van der Waals surface area contributed by atoms with Crippen LogP contribution in [0.1, 0.15) is 129 Å². The van der Waals surface area contributed by atoms with E-state index in [1.54, 1.807) is 42.5 Å². The van der Waals surface area contributed by atoms with E-state index >= 15 is 0 Å². The van der Waals surface area contributed by atoms with Crippen LogP contribution in [0.4, 0.5) is 0 Å². The van der Waals surface area contributed by atoms with E-state index in [9.17, 15) is 30.0 Å². The largest absolute Gasteiger partial charge is 0.463 e. The van der Waals surface area contributed by atoms with Gasteiger partial charge in [-0.1, -0.05) is 145 Å². The van der Waals surface area contributed by atoms with Crippen molar-refractivity contribution in [3.63, 3.8) is 0 Å². The number of carbonyl (C=O) groups is 2. The topological polar surface area (TPSA) is 134 Å². The van der Waals surface area contributed by atoms with E-state index in [2.05, 4.69) is 6.92 Å². The molecule has 0 fully saturated rings. The molecule has 4 atom stereocenters. The van der Waals surface area contributed by atoms with E-state index in [1.807, 2.05) is 19.1 Å². The van der Waals surface area contributed by atoms with Gasteiger partial charge in [0.2, 0.25) is 0 Å². The van der Waals surface area contributed by atoms with Crippen LogP contribution < -0.4 is 0 Å². The number of esters is 2. The van der Waals surface area contributed by atoms with Gasteiger partial charge < -0.3 is 29.9 Å². The van der Waals surface area contributed by atoms with E-state index in [-0.39, 0.29) is 32.0 Å². The first-order chi connectivity index (χ1) is 22.3. The third-order valence-corrected chi connectivity index (χ3v) is 7.36. The first-order valence-electron chi connectivity index (χ1n) is 17.7. The lowest BCUT2D eigenvalue weighted by atomic mass is 10.0. The van der Waals surface area contributed by atoms with Crippen molar-refractivity contribution in [2.45, 2.75) is 154 Å². The highest BCUT2D eigenvalue weighted by molar-refractivity contribution is 5.69. The molecule has 0 aromatic heterocycles. The summed E-state index contributed by atoms with van der Waals surface area (Å²) in [5, 5.41) is 39.9. The second kappa shape index (κ2) is 32.4. The summed E-state index contributed by atoms with van der Waals surface area (Å²) in [7, 11) is 0. The molecule has 0 amide bonds. The van der Waals surface area contributed by atoms with Crippen molar-refractivity contribution in [1.29, 1.82) is 0 Å². The fraction of sp³-hybridized carbons (Fsp3) is 0.684. The molecule has 0 heterocycles. The van der Waals surface area contributed by atoms with Gasteiger partial charge in [-0.15, -0.1) is 0 Å².